The Labute approximate surface area is 127 Å². The monoisotopic (exact) mass is 350 g/mol. The Morgan fingerprint density at radius 1 is 1.19 bits per heavy atom. The van der Waals surface area contributed by atoms with Crippen molar-refractivity contribution in [3.8, 4) is 0 Å². The largest absolute Gasteiger partial charge is 0.321 e. The van der Waals surface area contributed by atoms with Crippen molar-refractivity contribution >= 4 is 33.2 Å². The number of halogens is 3. The van der Waals surface area contributed by atoms with Crippen LogP contribution < -0.4 is 5.32 Å². The minimum absolute atomic E-state index is 0.233. The van der Waals surface area contributed by atoms with E-state index in [-0.39, 0.29) is 5.71 Å². The van der Waals surface area contributed by atoms with Crippen LogP contribution in [0.15, 0.2) is 51.9 Å². The Kier molecular flexibility index (Phi) is 3.55. The number of benzene rings is 2. The Morgan fingerprint density at radius 3 is 2.76 bits per heavy atom. The molecule has 1 atom stereocenters. The van der Waals surface area contributed by atoms with Gasteiger partial charge in [0, 0.05) is 15.6 Å². The lowest BCUT2D eigenvalue weighted by atomic mass is 10.0. The quantitative estimate of drug-likeness (QED) is 0.783. The number of nitrogens with one attached hydrogen (secondary N) is 1. The van der Waals surface area contributed by atoms with E-state index in [4.69, 9.17) is 0 Å². The van der Waals surface area contributed by atoms with Crippen molar-refractivity contribution in [1.29, 1.82) is 0 Å². The van der Waals surface area contributed by atoms with Crippen molar-refractivity contribution in [2.24, 2.45) is 4.99 Å². The van der Waals surface area contributed by atoms with Crippen LogP contribution in [-0.4, -0.2) is 17.9 Å². The topological polar surface area (TPSA) is 41.5 Å². The third-order valence-electron chi connectivity index (χ3n) is 3.05. The maximum absolute atomic E-state index is 13.8. The van der Waals surface area contributed by atoms with E-state index in [0.717, 1.165) is 4.47 Å². The highest BCUT2D eigenvalue weighted by Gasteiger charge is 2.25. The molecule has 3 rings (SSSR count). The number of hydrogen-bond donors (Lipinski definition) is 1. The van der Waals surface area contributed by atoms with Gasteiger partial charge in [-0.25, -0.2) is 13.8 Å². The molecule has 1 amide bonds. The molecule has 1 aliphatic heterocycles. The average molecular weight is 351 g/mol. The van der Waals surface area contributed by atoms with Gasteiger partial charge in [-0.3, -0.25) is 4.79 Å². The highest BCUT2D eigenvalue weighted by molar-refractivity contribution is 9.10. The summed E-state index contributed by atoms with van der Waals surface area (Å²) in [6, 6.07) is 10.9. The summed E-state index contributed by atoms with van der Waals surface area (Å²) in [6.45, 7) is 0. The van der Waals surface area contributed by atoms with Gasteiger partial charge in [0.15, 0.2) is 0 Å². The van der Waals surface area contributed by atoms with E-state index in [2.05, 4.69) is 26.2 Å². The molecule has 2 aromatic carbocycles. The van der Waals surface area contributed by atoms with Crippen LogP contribution >= 0.6 is 15.9 Å². The van der Waals surface area contributed by atoms with Gasteiger partial charge in [0.05, 0.1) is 11.4 Å². The molecule has 106 valence electrons. The molecule has 3 nitrogen and oxygen atoms in total. The van der Waals surface area contributed by atoms with E-state index in [0.29, 0.717) is 16.8 Å². The average Bonchev–Trinajstić information content (AvgIpc) is 2.57. The second kappa shape index (κ2) is 5.37. The van der Waals surface area contributed by atoms with Crippen LogP contribution in [0.25, 0.3) is 0 Å². The smallest absolute Gasteiger partial charge is 0.281 e. The molecule has 1 aliphatic rings. The Hall–Kier alpha value is -2.08. The molecule has 1 N–H and O–H groups in total. The lowest BCUT2D eigenvalue weighted by Crippen LogP contribution is -2.21. The van der Waals surface area contributed by atoms with E-state index in [1.165, 1.54) is 18.2 Å². The molecule has 21 heavy (non-hydrogen) atoms. The minimum atomic E-state index is -2.03. The van der Waals surface area contributed by atoms with Crippen LogP contribution in [0.2, 0.25) is 0 Å². The van der Waals surface area contributed by atoms with Crippen molar-refractivity contribution in [2.75, 3.05) is 5.32 Å². The molecule has 0 spiro atoms. The van der Waals surface area contributed by atoms with Crippen LogP contribution in [0.5, 0.6) is 0 Å². The molecule has 0 aromatic heterocycles. The zero-order chi connectivity index (χ0) is 15.0. The van der Waals surface area contributed by atoms with Crippen molar-refractivity contribution in [2.45, 2.75) is 6.30 Å². The first-order valence-corrected chi connectivity index (χ1v) is 6.92. The first-order valence-electron chi connectivity index (χ1n) is 6.13. The Bertz CT molecular complexity index is 761. The maximum Gasteiger partial charge on any atom is 0.281 e. The lowest BCUT2D eigenvalue weighted by molar-refractivity contribution is -0.120. The van der Waals surface area contributed by atoms with Crippen molar-refractivity contribution < 1.29 is 13.6 Å². The number of benzodiazepines with no additional fused rings is 1. The molecule has 6 heteroatoms. The SMILES string of the molecule is O=C1Nc2ccc(F)cc2C(c2cccc(Br)c2)=NC1F. The number of aliphatic imine (C=N–C) groups is 1. The summed E-state index contributed by atoms with van der Waals surface area (Å²) in [5, 5.41) is 2.41. The molecular formula is C15H9BrF2N2O. The van der Waals surface area contributed by atoms with E-state index >= 15 is 0 Å². The van der Waals surface area contributed by atoms with Crippen LogP contribution in [0.3, 0.4) is 0 Å². The second-order valence-electron chi connectivity index (χ2n) is 4.50. The summed E-state index contributed by atoms with van der Waals surface area (Å²) < 4.78 is 28.1. The summed E-state index contributed by atoms with van der Waals surface area (Å²) in [5.74, 6) is -1.35. The van der Waals surface area contributed by atoms with E-state index in [1.54, 1.807) is 18.2 Å². The molecule has 0 saturated heterocycles. The molecule has 1 heterocycles. The third-order valence-corrected chi connectivity index (χ3v) is 3.54. The maximum atomic E-state index is 13.8. The number of alkyl halides is 1. The number of carbonyl (C=O) groups excluding carboxylic acids is 1. The normalized spacial score (nSPS) is 17.6. The standard InChI is InChI=1S/C15H9BrF2N2O/c16-9-3-1-2-8(6-9)13-11-7-10(17)4-5-12(11)19-15(21)14(18)20-13/h1-7,14H,(H,19,21). The van der Waals surface area contributed by atoms with Gasteiger partial charge in [0.2, 0.25) is 0 Å². The van der Waals surface area contributed by atoms with Crippen LogP contribution in [0, 0.1) is 5.82 Å². The molecule has 1 unspecified atom stereocenters. The number of amides is 1. The molecule has 2 aromatic rings. The Balaban J connectivity index is 2.24. The van der Waals surface area contributed by atoms with Gasteiger partial charge >= 0.3 is 0 Å². The van der Waals surface area contributed by atoms with Crippen molar-refractivity contribution in [3.63, 3.8) is 0 Å². The number of rotatable bonds is 1. The van der Waals surface area contributed by atoms with Gasteiger partial charge in [-0.1, -0.05) is 28.1 Å². The second-order valence-corrected chi connectivity index (χ2v) is 5.42. The number of carbonyl (C=O) groups is 1. The fraction of sp³-hybridized carbons (Fsp3) is 0.0667. The number of anilines is 1. The van der Waals surface area contributed by atoms with Crippen molar-refractivity contribution in [3.05, 3.63) is 63.9 Å². The molecule has 0 saturated carbocycles. The van der Waals surface area contributed by atoms with E-state index in [1.807, 2.05) is 6.07 Å². The third kappa shape index (κ3) is 2.71. The molecule has 0 bridgehead atoms. The summed E-state index contributed by atoms with van der Waals surface area (Å²) in [6.07, 6.45) is -2.03. The van der Waals surface area contributed by atoms with Gasteiger partial charge < -0.3 is 5.32 Å². The van der Waals surface area contributed by atoms with Gasteiger partial charge in [0.1, 0.15) is 5.82 Å². The summed E-state index contributed by atoms with van der Waals surface area (Å²) >= 11 is 3.32. The molecular weight excluding hydrogens is 342 g/mol. The van der Waals surface area contributed by atoms with Gasteiger partial charge in [-0.15, -0.1) is 0 Å². The van der Waals surface area contributed by atoms with Crippen LogP contribution in [0.4, 0.5) is 14.5 Å². The van der Waals surface area contributed by atoms with Crippen LogP contribution in [0.1, 0.15) is 11.1 Å². The predicted octanol–water partition coefficient (Wildman–Crippen LogP) is 3.67. The van der Waals surface area contributed by atoms with Gasteiger partial charge in [-0.05, 0) is 30.3 Å². The fourth-order valence-electron chi connectivity index (χ4n) is 2.12. The highest BCUT2D eigenvalue weighted by atomic mass is 79.9. The van der Waals surface area contributed by atoms with Gasteiger partial charge in [0.25, 0.3) is 12.2 Å². The molecule has 0 fully saturated rings. The first-order chi connectivity index (χ1) is 10.0. The Morgan fingerprint density at radius 2 is 2.00 bits per heavy atom. The first kappa shape index (κ1) is 13.9. The van der Waals surface area contributed by atoms with Crippen molar-refractivity contribution in [1.82, 2.24) is 0 Å². The lowest BCUT2D eigenvalue weighted by Gasteiger charge is -2.10. The highest BCUT2D eigenvalue weighted by Crippen LogP contribution is 2.26. The van der Waals surface area contributed by atoms with Gasteiger partial charge in [-0.2, -0.15) is 0 Å². The zero-order valence-corrected chi connectivity index (χ0v) is 12.2. The summed E-state index contributed by atoms with van der Waals surface area (Å²) in [7, 11) is 0. The summed E-state index contributed by atoms with van der Waals surface area (Å²) in [4.78, 5) is 15.4. The zero-order valence-electron chi connectivity index (χ0n) is 10.6. The van der Waals surface area contributed by atoms with E-state index < -0.39 is 18.0 Å². The number of hydrogen-bond acceptors (Lipinski definition) is 2. The van der Waals surface area contributed by atoms with Crippen LogP contribution in [-0.2, 0) is 4.79 Å². The predicted molar refractivity (Wildman–Crippen MR) is 79.7 cm³/mol. The fourth-order valence-corrected chi connectivity index (χ4v) is 2.52. The summed E-state index contributed by atoms with van der Waals surface area (Å²) in [5.41, 5.74) is 1.51. The molecule has 0 radical (unpaired) electrons. The number of fused-ring (bicyclic) bond motifs is 1. The molecule has 0 aliphatic carbocycles. The minimum Gasteiger partial charge on any atom is -0.321 e. The van der Waals surface area contributed by atoms with E-state index in [9.17, 15) is 13.6 Å². The number of nitrogens with zero attached hydrogens (tertiary/aromatic N) is 1.